The van der Waals surface area contributed by atoms with Gasteiger partial charge < -0.3 is 4.90 Å². The van der Waals surface area contributed by atoms with E-state index >= 15 is 0 Å². The highest BCUT2D eigenvalue weighted by Crippen LogP contribution is 2.33. The zero-order valence-electron chi connectivity index (χ0n) is 9.42. The Morgan fingerprint density at radius 1 is 1.24 bits per heavy atom. The van der Waals surface area contributed by atoms with Crippen molar-refractivity contribution in [1.29, 1.82) is 0 Å². The van der Waals surface area contributed by atoms with E-state index in [9.17, 15) is 14.4 Å². The summed E-state index contributed by atoms with van der Waals surface area (Å²) in [6.07, 6.45) is 2.73. The van der Waals surface area contributed by atoms with Crippen molar-refractivity contribution in [3.8, 4) is 0 Å². The molecular weight excluding hydrogens is 240 g/mol. The summed E-state index contributed by atoms with van der Waals surface area (Å²) in [6.45, 7) is 1.22. The fourth-order valence-corrected chi connectivity index (χ4v) is 3.23. The van der Waals surface area contributed by atoms with Crippen molar-refractivity contribution >= 4 is 28.8 Å². The lowest BCUT2D eigenvalue weighted by Gasteiger charge is -2.21. The number of hydrogen-bond donors (Lipinski definition) is 0. The number of carbonyl (C=O) groups excluding carboxylic acids is 3. The molecule has 1 atom stereocenters. The average molecular weight is 254 g/mol. The summed E-state index contributed by atoms with van der Waals surface area (Å²) >= 11 is 1.06. The van der Waals surface area contributed by atoms with Crippen LogP contribution in [0.15, 0.2) is 0 Å². The molecule has 0 N–H and O–H groups in total. The van der Waals surface area contributed by atoms with Crippen LogP contribution in [0.25, 0.3) is 0 Å². The van der Waals surface area contributed by atoms with Gasteiger partial charge in [0.2, 0.25) is 11.8 Å². The molecule has 0 spiro atoms. The molecule has 3 rings (SSSR count). The molecule has 3 aliphatic rings. The van der Waals surface area contributed by atoms with E-state index in [2.05, 4.69) is 0 Å². The molecule has 0 bridgehead atoms. The largest absolute Gasteiger partial charge is 0.340 e. The predicted octanol–water partition coefficient (Wildman–Crippen LogP) is 0.693. The lowest BCUT2D eigenvalue weighted by Crippen LogP contribution is -2.41. The maximum absolute atomic E-state index is 11.9. The topological polar surface area (TPSA) is 57.7 Å². The van der Waals surface area contributed by atoms with Gasteiger partial charge in [-0.3, -0.25) is 19.3 Å². The number of thioether (sulfide) groups is 1. The van der Waals surface area contributed by atoms with Crippen LogP contribution in [-0.4, -0.2) is 51.7 Å². The van der Waals surface area contributed by atoms with Gasteiger partial charge in [-0.1, -0.05) is 11.8 Å². The summed E-state index contributed by atoms with van der Waals surface area (Å²) in [4.78, 5) is 38.2. The third kappa shape index (κ3) is 1.94. The number of hydrogen-bond acceptors (Lipinski definition) is 4. The number of nitrogens with zero attached hydrogens (tertiary/aromatic N) is 2. The SMILES string of the molecule is O=C(C1CC1)N1CC[C@H](N2C(=O)CSC2=O)C1. The summed E-state index contributed by atoms with van der Waals surface area (Å²) in [5.41, 5.74) is 0. The number of likely N-dealkylation sites (tertiary alicyclic amines) is 1. The summed E-state index contributed by atoms with van der Waals surface area (Å²) < 4.78 is 0. The molecule has 2 aliphatic heterocycles. The molecule has 0 aromatic heterocycles. The predicted molar refractivity (Wildman–Crippen MR) is 62.4 cm³/mol. The first-order valence-electron chi connectivity index (χ1n) is 5.94. The van der Waals surface area contributed by atoms with E-state index in [0.29, 0.717) is 13.1 Å². The number of carbonyl (C=O) groups is 3. The molecule has 1 aliphatic carbocycles. The fourth-order valence-electron chi connectivity index (χ4n) is 2.46. The summed E-state index contributed by atoms with van der Waals surface area (Å²) in [5.74, 6) is 0.574. The van der Waals surface area contributed by atoms with E-state index < -0.39 is 0 Å². The van der Waals surface area contributed by atoms with Gasteiger partial charge in [-0.15, -0.1) is 0 Å². The molecule has 2 saturated heterocycles. The minimum Gasteiger partial charge on any atom is -0.340 e. The summed E-state index contributed by atoms with van der Waals surface area (Å²) in [7, 11) is 0. The quantitative estimate of drug-likeness (QED) is 0.727. The Morgan fingerprint density at radius 2 is 2.00 bits per heavy atom. The molecular formula is C11H14N2O3S. The van der Waals surface area contributed by atoms with Crippen molar-refractivity contribution in [1.82, 2.24) is 9.80 Å². The smallest absolute Gasteiger partial charge is 0.289 e. The van der Waals surface area contributed by atoms with Gasteiger partial charge in [-0.05, 0) is 19.3 Å². The fraction of sp³-hybridized carbons (Fsp3) is 0.727. The molecule has 2 heterocycles. The molecule has 92 valence electrons. The van der Waals surface area contributed by atoms with Crippen LogP contribution in [0.5, 0.6) is 0 Å². The van der Waals surface area contributed by atoms with Crippen LogP contribution in [-0.2, 0) is 9.59 Å². The first kappa shape index (κ1) is 11.1. The van der Waals surface area contributed by atoms with Crippen molar-refractivity contribution in [3.05, 3.63) is 0 Å². The molecule has 3 fully saturated rings. The Labute approximate surface area is 103 Å². The van der Waals surface area contributed by atoms with Gasteiger partial charge in [0.15, 0.2) is 0 Å². The van der Waals surface area contributed by atoms with E-state index in [0.717, 1.165) is 31.0 Å². The van der Waals surface area contributed by atoms with Gasteiger partial charge in [0.25, 0.3) is 5.24 Å². The second-order valence-electron chi connectivity index (χ2n) is 4.82. The molecule has 3 amide bonds. The maximum atomic E-state index is 11.9. The Balaban J connectivity index is 1.65. The standard InChI is InChI=1S/C11H14N2O3S/c14-9-6-17-11(16)13(9)8-3-4-12(5-8)10(15)7-1-2-7/h7-8H,1-6H2/t8-/m0/s1. The highest BCUT2D eigenvalue weighted by Gasteiger charge is 2.42. The minimum absolute atomic E-state index is 0.0901. The first-order valence-corrected chi connectivity index (χ1v) is 6.93. The van der Waals surface area contributed by atoms with Gasteiger partial charge in [0.1, 0.15) is 0 Å². The van der Waals surface area contributed by atoms with Crippen LogP contribution < -0.4 is 0 Å². The van der Waals surface area contributed by atoms with Crippen LogP contribution in [0.2, 0.25) is 0 Å². The first-order chi connectivity index (χ1) is 8.16. The monoisotopic (exact) mass is 254 g/mol. The highest BCUT2D eigenvalue weighted by molar-refractivity contribution is 8.14. The van der Waals surface area contributed by atoms with Gasteiger partial charge in [-0.25, -0.2) is 0 Å². The van der Waals surface area contributed by atoms with Crippen molar-refractivity contribution in [2.45, 2.75) is 25.3 Å². The van der Waals surface area contributed by atoms with Gasteiger partial charge >= 0.3 is 0 Å². The molecule has 6 heteroatoms. The van der Waals surface area contributed by atoms with Crippen LogP contribution in [0, 0.1) is 5.92 Å². The average Bonchev–Trinajstić information content (AvgIpc) is 2.96. The maximum Gasteiger partial charge on any atom is 0.289 e. The van der Waals surface area contributed by atoms with Gasteiger partial charge in [-0.2, -0.15) is 0 Å². The third-order valence-electron chi connectivity index (χ3n) is 3.55. The van der Waals surface area contributed by atoms with Crippen molar-refractivity contribution in [2.24, 2.45) is 5.92 Å². The molecule has 5 nitrogen and oxygen atoms in total. The lowest BCUT2D eigenvalue weighted by atomic mass is 10.2. The van der Waals surface area contributed by atoms with Gasteiger partial charge in [0, 0.05) is 19.0 Å². The molecule has 0 unspecified atom stereocenters. The Morgan fingerprint density at radius 3 is 2.59 bits per heavy atom. The van der Waals surface area contributed by atoms with E-state index in [1.807, 2.05) is 4.90 Å². The highest BCUT2D eigenvalue weighted by atomic mass is 32.2. The zero-order valence-corrected chi connectivity index (χ0v) is 10.2. The Hall–Kier alpha value is -1.04. The van der Waals surface area contributed by atoms with Crippen molar-refractivity contribution < 1.29 is 14.4 Å². The summed E-state index contributed by atoms with van der Waals surface area (Å²) in [5, 5.41) is -0.152. The van der Waals surface area contributed by atoms with E-state index in [1.54, 1.807) is 0 Å². The Bertz CT molecular complexity index is 378. The van der Waals surface area contributed by atoms with E-state index in [4.69, 9.17) is 0 Å². The second kappa shape index (κ2) is 4.01. The van der Waals surface area contributed by atoms with Crippen molar-refractivity contribution in [2.75, 3.05) is 18.8 Å². The Kier molecular flexibility index (Phi) is 2.61. The number of amides is 3. The molecule has 0 aromatic rings. The zero-order chi connectivity index (χ0) is 12.0. The third-order valence-corrected chi connectivity index (χ3v) is 4.39. The van der Waals surface area contributed by atoms with Crippen LogP contribution in [0.4, 0.5) is 4.79 Å². The molecule has 1 saturated carbocycles. The number of rotatable bonds is 2. The number of imide groups is 1. The van der Waals surface area contributed by atoms with E-state index in [-0.39, 0.29) is 34.8 Å². The molecule has 0 aromatic carbocycles. The van der Waals surface area contributed by atoms with Gasteiger partial charge in [0.05, 0.1) is 11.8 Å². The van der Waals surface area contributed by atoms with E-state index in [1.165, 1.54) is 4.90 Å². The normalized spacial score (nSPS) is 29.3. The van der Waals surface area contributed by atoms with Crippen LogP contribution in [0.3, 0.4) is 0 Å². The van der Waals surface area contributed by atoms with Crippen LogP contribution >= 0.6 is 11.8 Å². The molecule has 0 radical (unpaired) electrons. The summed E-state index contributed by atoms with van der Waals surface area (Å²) in [6, 6.07) is -0.0901. The van der Waals surface area contributed by atoms with Crippen LogP contribution in [0.1, 0.15) is 19.3 Å². The minimum atomic E-state index is -0.152. The van der Waals surface area contributed by atoms with Crippen molar-refractivity contribution in [3.63, 3.8) is 0 Å². The molecule has 17 heavy (non-hydrogen) atoms. The lowest BCUT2D eigenvalue weighted by molar-refractivity contribution is -0.132. The second-order valence-corrected chi connectivity index (χ2v) is 5.75.